The third-order valence-corrected chi connectivity index (χ3v) is 4.76. The summed E-state index contributed by atoms with van der Waals surface area (Å²) in [6.45, 7) is 2.46. The van der Waals surface area contributed by atoms with Crippen molar-refractivity contribution in [2.24, 2.45) is 11.8 Å². The molecule has 5 nitrogen and oxygen atoms in total. The highest BCUT2D eigenvalue weighted by molar-refractivity contribution is 5.87. The molecular formula is C18H25N3O2. The average Bonchev–Trinajstić information content (AvgIpc) is 3.10. The lowest BCUT2D eigenvalue weighted by molar-refractivity contribution is -0.125. The lowest BCUT2D eigenvalue weighted by atomic mass is 9.99. The number of amides is 1. The fourth-order valence-corrected chi connectivity index (χ4v) is 3.60. The van der Waals surface area contributed by atoms with Crippen LogP contribution in [0.5, 0.6) is 5.75 Å². The van der Waals surface area contributed by atoms with Gasteiger partial charge in [0.25, 0.3) is 0 Å². The van der Waals surface area contributed by atoms with E-state index in [9.17, 15) is 4.79 Å². The number of hydrogen-bond donors (Lipinski definition) is 0. The van der Waals surface area contributed by atoms with Crippen molar-refractivity contribution in [3.63, 3.8) is 0 Å². The second-order valence-electron chi connectivity index (χ2n) is 6.75. The second kappa shape index (κ2) is 7.13. The van der Waals surface area contributed by atoms with Gasteiger partial charge in [-0.25, -0.2) is 0 Å². The molecule has 2 aliphatic rings. The minimum atomic E-state index is 0.126. The number of carbonyl (C=O) groups is 1. The summed E-state index contributed by atoms with van der Waals surface area (Å²) in [6, 6.07) is 3.84. The summed E-state index contributed by atoms with van der Waals surface area (Å²) in [5, 5.41) is 0. The Morgan fingerprint density at radius 1 is 1.43 bits per heavy atom. The molecule has 0 unspecified atom stereocenters. The number of carbonyl (C=O) groups excluding carboxylic acids is 1. The van der Waals surface area contributed by atoms with Crippen molar-refractivity contribution in [3.05, 3.63) is 36.7 Å². The van der Waals surface area contributed by atoms with Gasteiger partial charge in [0.05, 0.1) is 6.20 Å². The van der Waals surface area contributed by atoms with Gasteiger partial charge in [-0.15, -0.1) is 0 Å². The van der Waals surface area contributed by atoms with Crippen LogP contribution >= 0.6 is 0 Å². The largest absolute Gasteiger partial charge is 0.488 e. The number of ether oxygens (including phenoxy) is 1. The lowest BCUT2D eigenvalue weighted by Gasteiger charge is -2.21. The summed E-state index contributed by atoms with van der Waals surface area (Å²) >= 11 is 0. The summed E-state index contributed by atoms with van der Waals surface area (Å²) in [4.78, 5) is 20.4. The van der Waals surface area contributed by atoms with Gasteiger partial charge in [0, 0.05) is 37.8 Å². The van der Waals surface area contributed by atoms with Crippen LogP contribution in [0.1, 0.15) is 12.8 Å². The van der Waals surface area contributed by atoms with Crippen LogP contribution in [-0.2, 0) is 4.79 Å². The van der Waals surface area contributed by atoms with Crippen molar-refractivity contribution in [3.8, 4) is 5.75 Å². The van der Waals surface area contributed by atoms with Crippen LogP contribution in [0.25, 0.3) is 0 Å². The van der Waals surface area contributed by atoms with Crippen LogP contribution in [0.3, 0.4) is 0 Å². The predicted octanol–water partition coefficient (Wildman–Crippen LogP) is 1.82. The SMILES string of the molecule is CN(C)C/C=C/C(=O)N1C[C@H]2CC[C@@H](Oc3cccnc3)[C@H]2C1. The number of nitrogens with zero attached hydrogens (tertiary/aromatic N) is 3. The number of aromatic nitrogens is 1. The van der Waals surface area contributed by atoms with E-state index in [0.717, 1.165) is 38.2 Å². The van der Waals surface area contributed by atoms with Crippen molar-refractivity contribution >= 4 is 5.91 Å². The fourth-order valence-electron chi connectivity index (χ4n) is 3.60. The van der Waals surface area contributed by atoms with Crippen LogP contribution in [0.4, 0.5) is 0 Å². The summed E-state index contributed by atoms with van der Waals surface area (Å²) in [7, 11) is 3.99. The molecule has 2 fully saturated rings. The first-order valence-corrected chi connectivity index (χ1v) is 8.30. The minimum absolute atomic E-state index is 0.126. The first kappa shape index (κ1) is 16.0. The third-order valence-electron chi connectivity index (χ3n) is 4.76. The molecule has 0 aromatic carbocycles. The van der Waals surface area contributed by atoms with Gasteiger partial charge in [-0.3, -0.25) is 9.78 Å². The maximum atomic E-state index is 12.3. The molecule has 5 heteroatoms. The normalized spacial score (nSPS) is 26.9. The zero-order valence-corrected chi connectivity index (χ0v) is 13.9. The van der Waals surface area contributed by atoms with Crippen molar-refractivity contribution in [1.82, 2.24) is 14.8 Å². The predicted molar refractivity (Wildman–Crippen MR) is 89.1 cm³/mol. The molecule has 1 aliphatic carbocycles. The van der Waals surface area contributed by atoms with E-state index < -0.39 is 0 Å². The van der Waals surface area contributed by atoms with Gasteiger partial charge in [0.1, 0.15) is 11.9 Å². The summed E-state index contributed by atoms with van der Waals surface area (Å²) in [5.41, 5.74) is 0. The van der Waals surface area contributed by atoms with E-state index in [-0.39, 0.29) is 12.0 Å². The first-order chi connectivity index (χ1) is 11.1. The third kappa shape index (κ3) is 3.91. The molecule has 2 heterocycles. The van der Waals surface area contributed by atoms with Crippen molar-refractivity contribution in [1.29, 1.82) is 0 Å². The van der Waals surface area contributed by atoms with Crippen LogP contribution in [0, 0.1) is 11.8 Å². The summed E-state index contributed by atoms with van der Waals surface area (Å²) in [6.07, 6.45) is 9.56. The summed E-state index contributed by atoms with van der Waals surface area (Å²) < 4.78 is 6.10. The molecule has 0 N–H and O–H groups in total. The van der Waals surface area contributed by atoms with Crippen LogP contribution in [-0.4, -0.2) is 60.5 Å². The highest BCUT2D eigenvalue weighted by Crippen LogP contribution is 2.40. The average molecular weight is 315 g/mol. The van der Waals surface area contributed by atoms with E-state index in [1.807, 2.05) is 42.1 Å². The highest BCUT2D eigenvalue weighted by atomic mass is 16.5. The van der Waals surface area contributed by atoms with Crippen molar-refractivity contribution in [2.45, 2.75) is 18.9 Å². The van der Waals surface area contributed by atoms with E-state index >= 15 is 0 Å². The second-order valence-corrected chi connectivity index (χ2v) is 6.75. The zero-order valence-electron chi connectivity index (χ0n) is 13.9. The van der Waals surface area contributed by atoms with Crippen LogP contribution in [0.15, 0.2) is 36.7 Å². The van der Waals surface area contributed by atoms with Gasteiger partial charge in [-0.1, -0.05) is 6.08 Å². The zero-order chi connectivity index (χ0) is 16.2. The minimum Gasteiger partial charge on any atom is -0.488 e. The molecule has 1 aromatic heterocycles. The van der Waals surface area contributed by atoms with Gasteiger partial charge in [-0.05, 0) is 45.0 Å². The van der Waals surface area contributed by atoms with E-state index in [2.05, 4.69) is 4.98 Å². The Morgan fingerprint density at radius 2 is 2.30 bits per heavy atom. The monoisotopic (exact) mass is 315 g/mol. The van der Waals surface area contributed by atoms with E-state index in [1.54, 1.807) is 18.5 Å². The number of likely N-dealkylation sites (tertiary alicyclic amines) is 1. The molecule has 1 aromatic rings. The van der Waals surface area contributed by atoms with Crippen LogP contribution < -0.4 is 4.74 Å². The molecular weight excluding hydrogens is 290 g/mol. The molecule has 1 amide bonds. The highest BCUT2D eigenvalue weighted by Gasteiger charge is 2.44. The molecule has 1 saturated carbocycles. The first-order valence-electron chi connectivity index (χ1n) is 8.30. The molecule has 23 heavy (non-hydrogen) atoms. The number of likely N-dealkylation sites (N-methyl/N-ethyl adjacent to an activating group) is 1. The van der Waals surface area contributed by atoms with Gasteiger partial charge in [-0.2, -0.15) is 0 Å². The van der Waals surface area contributed by atoms with Gasteiger partial charge in [0.15, 0.2) is 0 Å². The number of rotatable bonds is 5. The number of fused-ring (bicyclic) bond motifs is 1. The van der Waals surface area contributed by atoms with E-state index in [0.29, 0.717) is 11.8 Å². The molecule has 0 bridgehead atoms. The molecule has 1 saturated heterocycles. The van der Waals surface area contributed by atoms with E-state index in [4.69, 9.17) is 4.74 Å². The number of pyridine rings is 1. The Kier molecular flexibility index (Phi) is 4.96. The molecule has 3 atom stereocenters. The van der Waals surface area contributed by atoms with Crippen molar-refractivity contribution < 1.29 is 9.53 Å². The Morgan fingerprint density at radius 3 is 3.04 bits per heavy atom. The van der Waals surface area contributed by atoms with Crippen LogP contribution in [0.2, 0.25) is 0 Å². The topological polar surface area (TPSA) is 45.7 Å². The molecule has 0 radical (unpaired) electrons. The van der Waals surface area contributed by atoms with Gasteiger partial charge < -0.3 is 14.5 Å². The van der Waals surface area contributed by atoms with Gasteiger partial charge >= 0.3 is 0 Å². The lowest BCUT2D eigenvalue weighted by Crippen LogP contribution is -2.31. The molecule has 0 spiro atoms. The van der Waals surface area contributed by atoms with Gasteiger partial charge in [0.2, 0.25) is 5.91 Å². The fraction of sp³-hybridized carbons (Fsp3) is 0.556. The number of hydrogen-bond acceptors (Lipinski definition) is 4. The maximum absolute atomic E-state index is 12.3. The Hall–Kier alpha value is -1.88. The summed E-state index contributed by atoms with van der Waals surface area (Å²) in [5.74, 6) is 1.97. The standard InChI is InChI=1S/C18H25N3O2/c1-20(2)10-4-6-18(22)21-12-14-7-8-17(16(14)13-21)23-15-5-3-9-19-11-15/h3-6,9,11,14,16-17H,7-8,10,12-13H2,1-2H3/b6-4+/t14-,16+,17-/m1/s1. The Labute approximate surface area is 137 Å². The Bertz CT molecular complexity index is 559. The quantitative estimate of drug-likeness (QED) is 0.778. The maximum Gasteiger partial charge on any atom is 0.246 e. The smallest absolute Gasteiger partial charge is 0.246 e. The Balaban J connectivity index is 1.56. The van der Waals surface area contributed by atoms with Crippen molar-refractivity contribution in [2.75, 3.05) is 33.7 Å². The molecule has 124 valence electrons. The molecule has 3 rings (SSSR count). The molecule has 1 aliphatic heterocycles. The van der Waals surface area contributed by atoms with E-state index in [1.165, 1.54) is 0 Å².